The van der Waals surface area contributed by atoms with Gasteiger partial charge in [0.2, 0.25) is 5.91 Å². The second-order valence-electron chi connectivity index (χ2n) is 9.54. The van der Waals surface area contributed by atoms with E-state index in [0.717, 1.165) is 32.5 Å². The first kappa shape index (κ1) is 23.7. The molecule has 2 aliphatic rings. The van der Waals surface area contributed by atoms with E-state index < -0.39 is 0 Å². The molecule has 1 amide bonds. The van der Waals surface area contributed by atoms with Crippen molar-refractivity contribution in [3.8, 4) is 0 Å². The number of methoxy groups -OCH3 is 1. The van der Waals surface area contributed by atoms with Gasteiger partial charge in [0.15, 0.2) is 0 Å². The second-order valence-corrected chi connectivity index (χ2v) is 9.54. The zero-order valence-electron chi connectivity index (χ0n) is 20.1. The van der Waals surface area contributed by atoms with Crippen LogP contribution in [-0.4, -0.2) is 50.3 Å². The van der Waals surface area contributed by atoms with Gasteiger partial charge in [-0.05, 0) is 56.5 Å². The summed E-state index contributed by atoms with van der Waals surface area (Å²) in [5, 5.41) is 3.19. The minimum Gasteiger partial charge on any atom is -0.375 e. The Morgan fingerprint density at radius 3 is 2.55 bits per heavy atom. The molecule has 0 bridgehead atoms. The number of hydrogen-bond donors (Lipinski definition) is 1. The van der Waals surface area contributed by atoms with E-state index in [1.807, 2.05) is 6.07 Å². The number of ether oxygens (including phenoxy) is 2. The number of benzene rings is 2. The van der Waals surface area contributed by atoms with Crippen molar-refractivity contribution in [3.05, 3.63) is 82.9 Å². The van der Waals surface area contributed by atoms with Crippen LogP contribution in [0.3, 0.4) is 0 Å². The standard InChI is InChI=1S/C28H36N2O3/c1-5-14-33-27-26(29-25(31)19-32-4)23-8-6-7-9-24(23)28(27)10-12-30(13-11-28)18-22-16-20(2)15-21(3)17-22/h5-9,15-17,26-27H,1,10-14,18-19H2,2-4H3,(H,29,31)/t26-,27+/m1/s1. The SMILES string of the molecule is C=CCO[C@H]1[C@H](NC(=O)COC)c2ccccc2C12CCN(Cc1cc(C)cc(C)c1)CC2. The van der Waals surface area contributed by atoms with Crippen LogP contribution in [0.5, 0.6) is 0 Å². The number of carbonyl (C=O) groups excluding carboxylic acids is 1. The highest BCUT2D eigenvalue weighted by Crippen LogP contribution is 2.52. The smallest absolute Gasteiger partial charge is 0.246 e. The molecule has 1 aliphatic carbocycles. The molecular formula is C28H36N2O3. The van der Waals surface area contributed by atoms with Crippen molar-refractivity contribution >= 4 is 5.91 Å². The third-order valence-electron chi connectivity index (χ3n) is 7.10. The number of aryl methyl sites for hydroxylation is 2. The van der Waals surface area contributed by atoms with Crippen LogP contribution in [0, 0.1) is 13.8 Å². The van der Waals surface area contributed by atoms with E-state index in [0.29, 0.717) is 6.61 Å². The molecule has 1 saturated heterocycles. The largest absolute Gasteiger partial charge is 0.375 e. The molecule has 176 valence electrons. The molecule has 2 aromatic rings. The molecule has 2 atom stereocenters. The average molecular weight is 449 g/mol. The van der Waals surface area contributed by atoms with Gasteiger partial charge in [0.05, 0.1) is 18.8 Å². The number of nitrogens with one attached hydrogen (secondary N) is 1. The molecule has 0 aromatic heterocycles. The number of fused-ring (bicyclic) bond motifs is 2. The van der Waals surface area contributed by atoms with Crippen LogP contribution in [0.4, 0.5) is 0 Å². The van der Waals surface area contributed by atoms with E-state index in [2.05, 4.69) is 67.0 Å². The van der Waals surface area contributed by atoms with Gasteiger partial charge in [0, 0.05) is 19.1 Å². The van der Waals surface area contributed by atoms with Crippen LogP contribution in [0.1, 0.15) is 46.7 Å². The number of hydrogen-bond acceptors (Lipinski definition) is 4. The fourth-order valence-corrected chi connectivity index (χ4v) is 5.87. The van der Waals surface area contributed by atoms with Crippen molar-refractivity contribution in [2.75, 3.05) is 33.4 Å². The summed E-state index contributed by atoms with van der Waals surface area (Å²) < 4.78 is 11.5. The molecule has 1 aliphatic heterocycles. The fraction of sp³-hybridized carbons (Fsp3) is 0.464. The number of amides is 1. The molecule has 33 heavy (non-hydrogen) atoms. The summed E-state index contributed by atoms with van der Waals surface area (Å²) in [5.41, 5.74) is 6.36. The lowest BCUT2D eigenvalue weighted by Crippen LogP contribution is -2.51. The number of nitrogens with zero attached hydrogens (tertiary/aromatic N) is 1. The maximum Gasteiger partial charge on any atom is 0.246 e. The quantitative estimate of drug-likeness (QED) is 0.614. The molecule has 4 rings (SSSR count). The number of carbonyl (C=O) groups is 1. The van der Waals surface area contributed by atoms with E-state index in [1.165, 1.54) is 27.8 Å². The zero-order valence-corrected chi connectivity index (χ0v) is 20.1. The minimum atomic E-state index is -0.185. The molecule has 1 heterocycles. The zero-order chi connectivity index (χ0) is 23.4. The van der Waals surface area contributed by atoms with Crippen molar-refractivity contribution in [2.45, 2.75) is 50.8 Å². The number of piperidine rings is 1. The molecule has 1 spiro atoms. The van der Waals surface area contributed by atoms with Crippen molar-refractivity contribution in [2.24, 2.45) is 0 Å². The highest BCUT2D eigenvalue weighted by atomic mass is 16.5. The Labute approximate surface area is 197 Å². The lowest BCUT2D eigenvalue weighted by atomic mass is 9.71. The summed E-state index contributed by atoms with van der Waals surface area (Å²) in [6, 6.07) is 15.1. The Kier molecular flexibility index (Phi) is 7.32. The van der Waals surface area contributed by atoms with Gasteiger partial charge in [-0.1, -0.05) is 59.7 Å². The van der Waals surface area contributed by atoms with E-state index in [9.17, 15) is 4.79 Å². The van der Waals surface area contributed by atoms with E-state index in [4.69, 9.17) is 9.47 Å². The Bertz CT molecular complexity index is 974. The maximum absolute atomic E-state index is 12.5. The van der Waals surface area contributed by atoms with Gasteiger partial charge in [-0.3, -0.25) is 9.69 Å². The first-order chi connectivity index (χ1) is 16.0. The topological polar surface area (TPSA) is 50.8 Å². The summed E-state index contributed by atoms with van der Waals surface area (Å²) in [6.45, 7) is 11.6. The van der Waals surface area contributed by atoms with Crippen LogP contribution >= 0.6 is 0 Å². The second kappa shape index (κ2) is 10.2. The molecule has 1 N–H and O–H groups in total. The van der Waals surface area contributed by atoms with Crippen molar-refractivity contribution in [1.29, 1.82) is 0 Å². The summed E-state index contributed by atoms with van der Waals surface area (Å²) >= 11 is 0. The Hall–Kier alpha value is -2.47. The van der Waals surface area contributed by atoms with E-state index in [-0.39, 0.29) is 30.1 Å². The van der Waals surface area contributed by atoms with Gasteiger partial charge in [0.25, 0.3) is 0 Å². The normalized spacial score (nSPS) is 21.7. The van der Waals surface area contributed by atoms with Crippen molar-refractivity contribution in [3.63, 3.8) is 0 Å². The van der Waals surface area contributed by atoms with E-state index >= 15 is 0 Å². The maximum atomic E-state index is 12.5. The first-order valence-corrected chi connectivity index (χ1v) is 11.9. The van der Waals surface area contributed by atoms with Gasteiger partial charge in [0.1, 0.15) is 6.61 Å². The van der Waals surface area contributed by atoms with Crippen molar-refractivity contribution < 1.29 is 14.3 Å². The third-order valence-corrected chi connectivity index (χ3v) is 7.10. The lowest BCUT2D eigenvalue weighted by molar-refractivity contribution is -0.127. The van der Waals surface area contributed by atoms with Gasteiger partial charge in [-0.2, -0.15) is 0 Å². The van der Waals surface area contributed by atoms with Crippen LogP contribution in [0.2, 0.25) is 0 Å². The number of likely N-dealkylation sites (tertiary alicyclic amines) is 1. The van der Waals surface area contributed by atoms with Gasteiger partial charge < -0.3 is 14.8 Å². The fourth-order valence-electron chi connectivity index (χ4n) is 5.87. The van der Waals surface area contributed by atoms with Gasteiger partial charge in [-0.15, -0.1) is 6.58 Å². The highest BCUT2D eigenvalue weighted by molar-refractivity contribution is 5.78. The molecular weight excluding hydrogens is 412 g/mol. The average Bonchev–Trinajstić information content (AvgIpc) is 3.02. The van der Waals surface area contributed by atoms with Crippen LogP contribution in [-0.2, 0) is 26.2 Å². The first-order valence-electron chi connectivity index (χ1n) is 11.9. The summed E-state index contributed by atoms with van der Waals surface area (Å²) in [6.07, 6.45) is 3.65. The minimum absolute atomic E-state index is 0.0452. The van der Waals surface area contributed by atoms with E-state index in [1.54, 1.807) is 13.2 Å². The van der Waals surface area contributed by atoms with Crippen molar-refractivity contribution in [1.82, 2.24) is 10.2 Å². The Morgan fingerprint density at radius 1 is 1.18 bits per heavy atom. The summed E-state index contributed by atoms with van der Waals surface area (Å²) in [7, 11) is 1.54. The summed E-state index contributed by atoms with van der Waals surface area (Å²) in [5.74, 6) is -0.117. The molecule has 1 fully saturated rings. The van der Waals surface area contributed by atoms with Crippen LogP contribution < -0.4 is 5.32 Å². The third kappa shape index (κ3) is 4.91. The Balaban J connectivity index is 1.58. The predicted octanol–water partition coefficient (Wildman–Crippen LogP) is 4.23. The predicted molar refractivity (Wildman–Crippen MR) is 131 cm³/mol. The molecule has 5 heteroatoms. The summed E-state index contributed by atoms with van der Waals surface area (Å²) in [4.78, 5) is 15.0. The number of rotatable bonds is 8. The van der Waals surface area contributed by atoms with Gasteiger partial charge in [-0.25, -0.2) is 0 Å². The molecule has 5 nitrogen and oxygen atoms in total. The van der Waals surface area contributed by atoms with Crippen LogP contribution in [0.15, 0.2) is 55.1 Å². The van der Waals surface area contributed by atoms with Crippen LogP contribution in [0.25, 0.3) is 0 Å². The Morgan fingerprint density at radius 2 is 1.88 bits per heavy atom. The molecule has 0 unspecified atom stereocenters. The molecule has 0 saturated carbocycles. The lowest BCUT2D eigenvalue weighted by Gasteiger charge is -2.44. The monoisotopic (exact) mass is 448 g/mol. The van der Waals surface area contributed by atoms with Gasteiger partial charge >= 0.3 is 0 Å². The molecule has 0 radical (unpaired) electrons. The molecule has 2 aromatic carbocycles. The highest BCUT2D eigenvalue weighted by Gasteiger charge is 2.54.